The monoisotopic (exact) mass is 765 g/mol. The van der Waals surface area contributed by atoms with Crippen molar-refractivity contribution in [3.8, 4) is 0 Å². The number of rotatable bonds is 19. The Morgan fingerprint density at radius 1 is 0.836 bits per heavy atom. The number of carbonyl (C=O) groups excluding carboxylic acids is 2. The Balaban J connectivity index is -0.000000322. The second-order valence-corrected chi connectivity index (χ2v) is 9.79. The molecule has 4 N–H and O–H groups in total. The molecule has 308 valence electrons. The minimum atomic E-state index is 0.0833. The predicted molar refractivity (Wildman–Crippen MR) is 239 cm³/mol. The number of hydrogen-bond acceptors (Lipinski definition) is 8. The second-order valence-electron chi connectivity index (χ2n) is 9.79. The van der Waals surface area contributed by atoms with Crippen LogP contribution in [0.15, 0.2) is 160 Å². The van der Waals surface area contributed by atoms with Crippen LogP contribution in [0.4, 0.5) is 0 Å². The van der Waals surface area contributed by atoms with Crippen LogP contribution in [0.2, 0.25) is 0 Å². The van der Waals surface area contributed by atoms with Gasteiger partial charge in [-0.15, -0.1) is 26.3 Å². The number of benzene rings is 1. The van der Waals surface area contributed by atoms with Crippen molar-refractivity contribution in [3.05, 3.63) is 171 Å². The van der Waals surface area contributed by atoms with Crippen molar-refractivity contribution in [1.82, 2.24) is 0 Å². The summed E-state index contributed by atoms with van der Waals surface area (Å²) in [7, 11) is 1.68. The molecule has 1 aromatic carbocycles. The Morgan fingerprint density at radius 3 is 1.84 bits per heavy atom. The Morgan fingerprint density at radius 2 is 1.38 bits per heavy atom. The second kappa shape index (κ2) is 55.5. The number of hydrogen-bond donors (Lipinski definition) is 4. The summed E-state index contributed by atoms with van der Waals surface area (Å²) in [5.74, 6) is 0.833. The molecular formula is C47H72O8. The topological polar surface area (TPSA) is 134 Å². The molecule has 0 fully saturated rings. The predicted octanol–water partition coefficient (Wildman–Crippen LogP) is 11.5. The lowest BCUT2D eigenvalue weighted by molar-refractivity contribution is -0.106. The summed E-state index contributed by atoms with van der Waals surface area (Å²) in [6.07, 6.45) is 29.2. The van der Waals surface area contributed by atoms with Crippen molar-refractivity contribution >= 4 is 24.2 Å². The van der Waals surface area contributed by atoms with Crippen LogP contribution in [0.5, 0.6) is 0 Å². The maximum absolute atomic E-state index is 10.1. The first-order chi connectivity index (χ1) is 26.7. The van der Waals surface area contributed by atoms with Gasteiger partial charge in [0.25, 0.3) is 0 Å². The van der Waals surface area contributed by atoms with E-state index in [1.54, 1.807) is 38.3 Å². The van der Waals surface area contributed by atoms with E-state index < -0.39 is 0 Å². The van der Waals surface area contributed by atoms with Crippen molar-refractivity contribution in [2.75, 3.05) is 33.5 Å². The van der Waals surface area contributed by atoms with E-state index >= 15 is 0 Å². The summed E-state index contributed by atoms with van der Waals surface area (Å²) in [4.78, 5) is 16.8. The third kappa shape index (κ3) is 44.8. The fourth-order valence-corrected chi connectivity index (χ4v) is 3.47. The van der Waals surface area contributed by atoms with E-state index in [2.05, 4.69) is 63.2 Å². The van der Waals surface area contributed by atoms with E-state index in [0.717, 1.165) is 66.1 Å². The molecule has 0 aliphatic carbocycles. The highest BCUT2D eigenvalue weighted by Gasteiger charge is 2.10. The lowest BCUT2D eigenvalue weighted by atomic mass is 9.98. The SMILES string of the molecule is C=C.C=CCCCCOC(=C/C=C\C(O)=C/C(=C)C)/C(=C\C=C\C)c1ccc(C(/C=C\CCOC)=C/C=C/O)cc1.C=CCO.C=O.CC.CC=O.CCO. The normalized spacial score (nSPS) is 11.1. The minimum Gasteiger partial charge on any atom is -0.516 e. The van der Waals surface area contributed by atoms with E-state index in [1.807, 2.05) is 77.0 Å². The largest absolute Gasteiger partial charge is 0.516 e. The van der Waals surface area contributed by atoms with Crippen LogP contribution in [0, 0.1) is 0 Å². The highest BCUT2D eigenvalue weighted by atomic mass is 16.5. The smallest absolute Gasteiger partial charge is 0.127 e. The minimum absolute atomic E-state index is 0.0833. The molecule has 0 bridgehead atoms. The quantitative estimate of drug-likeness (QED) is 0.0360. The number of methoxy groups -OCH3 is 1. The average Bonchev–Trinajstić information content (AvgIpc) is 3.20. The summed E-state index contributed by atoms with van der Waals surface area (Å²) in [6, 6.07) is 8.22. The van der Waals surface area contributed by atoms with Crippen molar-refractivity contribution in [3.63, 3.8) is 0 Å². The summed E-state index contributed by atoms with van der Waals surface area (Å²) in [5, 5.41) is 34.6. The molecule has 1 rings (SSSR count). The number of aldehydes is 1. The van der Waals surface area contributed by atoms with Gasteiger partial charge >= 0.3 is 0 Å². The maximum atomic E-state index is 10.1. The first-order valence-corrected chi connectivity index (χ1v) is 18.0. The highest BCUT2D eigenvalue weighted by molar-refractivity contribution is 5.81. The first-order valence-electron chi connectivity index (χ1n) is 18.0. The lowest BCUT2D eigenvalue weighted by Gasteiger charge is -2.15. The van der Waals surface area contributed by atoms with Gasteiger partial charge < -0.3 is 39.5 Å². The number of carbonyl (C=O) groups is 2. The number of aliphatic hydroxyl groups is 4. The Bertz CT molecular complexity index is 1290. The number of unbranched alkanes of at least 4 members (excludes halogenated alkanes) is 2. The Kier molecular flexibility index (Phi) is 62.3. The maximum Gasteiger partial charge on any atom is 0.127 e. The summed E-state index contributed by atoms with van der Waals surface area (Å²) >= 11 is 0. The van der Waals surface area contributed by atoms with Crippen LogP contribution in [-0.2, 0) is 19.1 Å². The lowest BCUT2D eigenvalue weighted by Crippen LogP contribution is -1.99. The zero-order valence-electron chi connectivity index (χ0n) is 34.8. The van der Waals surface area contributed by atoms with Gasteiger partial charge in [0.1, 0.15) is 24.6 Å². The Hall–Kier alpha value is -5.28. The zero-order valence-corrected chi connectivity index (χ0v) is 34.8. The zero-order chi connectivity index (χ0) is 43.5. The molecule has 0 aromatic heterocycles. The molecule has 0 atom stereocenters. The van der Waals surface area contributed by atoms with Crippen molar-refractivity contribution in [1.29, 1.82) is 0 Å². The molecule has 0 spiro atoms. The third-order valence-corrected chi connectivity index (χ3v) is 5.50. The van der Waals surface area contributed by atoms with Crippen molar-refractivity contribution in [2.45, 2.75) is 67.2 Å². The third-order valence-electron chi connectivity index (χ3n) is 5.50. The van der Waals surface area contributed by atoms with Crippen LogP contribution in [0.1, 0.15) is 78.4 Å². The molecule has 0 aliphatic rings. The molecule has 8 heteroatoms. The summed E-state index contributed by atoms with van der Waals surface area (Å²) < 4.78 is 11.4. The van der Waals surface area contributed by atoms with Gasteiger partial charge in [-0.2, -0.15) is 0 Å². The Labute approximate surface area is 334 Å². The molecule has 1 aromatic rings. The molecule has 0 radical (unpaired) electrons. The fraction of sp³-hybridized carbons (Fsp3) is 0.319. The molecule has 0 aliphatic heterocycles. The van der Waals surface area contributed by atoms with Crippen LogP contribution in [0.3, 0.4) is 0 Å². The van der Waals surface area contributed by atoms with E-state index in [1.165, 1.54) is 13.0 Å². The fourth-order valence-electron chi connectivity index (χ4n) is 3.47. The molecule has 0 amide bonds. The summed E-state index contributed by atoms with van der Waals surface area (Å²) in [6.45, 7) is 31.3. The molecular weight excluding hydrogens is 693 g/mol. The highest BCUT2D eigenvalue weighted by Crippen LogP contribution is 2.27. The van der Waals surface area contributed by atoms with Crippen LogP contribution in [0.25, 0.3) is 11.1 Å². The standard InChI is InChI=1S/C35H44O4.C3H6O.C2H6O.C2H4O.C2H6.C2H4.CH2O/c1-6-8-10-12-27-39-35(20-14-18-33(37)28-29(3)4)34(19-9-7-2)32-23-21-31(22-24-32)30(17-15-25-36)16-11-13-26-38-5;1-2-3-4;2*1-2-3;3*1-2/h6-7,9,11,14-25,28,36-37H,1,3,8,10,12-13,26-27H2,2,4-5H3;2,4H,1,3H2;3H,2H2,1H3;2H,1H3;1-2H3;1-2H2;1H2/b9-7+,16-11-,18-14-,25-15+,30-17+,33-28+,34-19-,35-20+;;;;;;. The molecule has 0 saturated heterocycles. The van der Waals surface area contributed by atoms with Gasteiger partial charge in [0.15, 0.2) is 0 Å². The molecule has 0 unspecified atom stereocenters. The average molecular weight is 765 g/mol. The molecule has 8 nitrogen and oxygen atoms in total. The van der Waals surface area contributed by atoms with Gasteiger partial charge in [-0.1, -0.05) is 105 Å². The summed E-state index contributed by atoms with van der Waals surface area (Å²) in [5.41, 5.74) is 4.67. The van der Waals surface area contributed by atoms with Gasteiger partial charge in [0, 0.05) is 25.9 Å². The van der Waals surface area contributed by atoms with Gasteiger partial charge in [-0.3, -0.25) is 0 Å². The number of ether oxygens (including phenoxy) is 2. The van der Waals surface area contributed by atoms with Gasteiger partial charge in [-0.05, 0) is 94.4 Å². The van der Waals surface area contributed by atoms with Gasteiger partial charge in [0.05, 0.1) is 19.5 Å². The molecule has 0 saturated carbocycles. The van der Waals surface area contributed by atoms with Crippen LogP contribution in [-0.4, -0.2) is 67.0 Å². The van der Waals surface area contributed by atoms with Crippen LogP contribution < -0.4 is 0 Å². The number of aliphatic hydroxyl groups excluding tert-OH is 4. The van der Waals surface area contributed by atoms with Gasteiger partial charge in [0.2, 0.25) is 0 Å². The molecule has 55 heavy (non-hydrogen) atoms. The van der Waals surface area contributed by atoms with E-state index in [0.29, 0.717) is 19.0 Å². The van der Waals surface area contributed by atoms with E-state index in [-0.39, 0.29) is 19.0 Å². The first kappa shape index (κ1) is 61.7. The van der Waals surface area contributed by atoms with Crippen molar-refractivity contribution < 1.29 is 39.5 Å². The van der Waals surface area contributed by atoms with Crippen molar-refractivity contribution in [2.24, 2.45) is 0 Å². The van der Waals surface area contributed by atoms with E-state index in [9.17, 15) is 5.11 Å². The van der Waals surface area contributed by atoms with Gasteiger partial charge in [-0.25, -0.2) is 0 Å². The number of allylic oxidation sites excluding steroid dienone is 14. The van der Waals surface area contributed by atoms with E-state index in [4.69, 9.17) is 34.4 Å². The molecule has 0 heterocycles. The van der Waals surface area contributed by atoms with Crippen LogP contribution >= 0.6 is 0 Å².